The summed E-state index contributed by atoms with van der Waals surface area (Å²) in [6.45, 7) is 2.12. The lowest BCUT2D eigenvalue weighted by atomic mass is 10.1. The molecule has 4 heteroatoms. The smallest absolute Gasteiger partial charge is 0.303 e. The van der Waals surface area contributed by atoms with Gasteiger partial charge in [-0.3, -0.25) is 4.79 Å². The lowest BCUT2D eigenvalue weighted by Crippen LogP contribution is -2.03. The van der Waals surface area contributed by atoms with Crippen LogP contribution in [0.2, 0.25) is 0 Å². The van der Waals surface area contributed by atoms with Crippen LogP contribution in [0.25, 0.3) is 11.4 Å². The maximum Gasteiger partial charge on any atom is 0.303 e. The number of nitrogens with zero attached hydrogens (tertiary/aromatic N) is 2. The lowest BCUT2D eigenvalue weighted by molar-refractivity contribution is -0.136. The van der Waals surface area contributed by atoms with E-state index in [4.69, 9.17) is 5.11 Å². The molecule has 0 radical (unpaired) electrons. The van der Waals surface area contributed by atoms with E-state index in [0.29, 0.717) is 6.42 Å². The van der Waals surface area contributed by atoms with Crippen molar-refractivity contribution in [3.8, 4) is 11.4 Å². The minimum absolute atomic E-state index is 0.133. The van der Waals surface area contributed by atoms with Gasteiger partial charge in [0.2, 0.25) is 0 Å². The minimum atomic E-state index is -0.782. The van der Waals surface area contributed by atoms with E-state index in [0.717, 1.165) is 23.5 Å². The van der Waals surface area contributed by atoms with E-state index in [1.165, 1.54) is 5.56 Å². The number of aliphatic carboxylic acids is 1. The Kier molecular flexibility index (Phi) is 4.00. The normalized spacial score (nSPS) is 10.6. The van der Waals surface area contributed by atoms with E-state index < -0.39 is 5.97 Å². The Morgan fingerprint density at radius 1 is 1.32 bits per heavy atom. The van der Waals surface area contributed by atoms with Gasteiger partial charge in [0.25, 0.3) is 0 Å². The number of imidazole rings is 1. The first-order chi connectivity index (χ1) is 9.11. The standard InChI is InChI=1S/C15H18N2O2/c1-3-11-4-6-12(7-5-11)15-16-10-13(17(15)2)8-9-14(18)19/h4-7,10H,3,8-9H2,1-2H3,(H,18,19). The van der Waals surface area contributed by atoms with Gasteiger partial charge in [-0.05, 0) is 18.4 Å². The molecular formula is C15H18N2O2. The second kappa shape index (κ2) is 5.69. The second-order valence-corrected chi connectivity index (χ2v) is 4.58. The third kappa shape index (κ3) is 3.02. The fourth-order valence-corrected chi connectivity index (χ4v) is 2.07. The number of rotatable bonds is 5. The third-order valence-corrected chi connectivity index (χ3v) is 3.30. The number of carbonyl (C=O) groups is 1. The summed E-state index contributed by atoms with van der Waals surface area (Å²) in [5, 5.41) is 8.72. The predicted molar refractivity (Wildman–Crippen MR) is 74.0 cm³/mol. The van der Waals surface area contributed by atoms with Gasteiger partial charge < -0.3 is 9.67 Å². The first-order valence-corrected chi connectivity index (χ1v) is 6.43. The van der Waals surface area contributed by atoms with Gasteiger partial charge >= 0.3 is 5.97 Å². The quantitative estimate of drug-likeness (QED) is 0.897. The molecule has 1 N–H and O–H groups in total. The first-order valence-electron chi connectivity index (χ1n) is 6.43. The molecule has 0 fully saturated rings. The number of aromatic nitrogens is 2. The Hall–Kier alpha value is -2.10. The molecule has 0 bridgehead atoms. The van der Waals surface area contributed by atoms with Gasteiger partial charge in [0.15, 0.2) is 0 Å². The Morgan fingerprint density at radius 3 is 2.58 bits per heavy atom. The number of hydrogen-bond donors (Lipinski definition) is 1. The van der Waals surface area contributed by atoms with Crippen molar-refractivity contribution < 1.29 is 9.90 Å². The van der Waals surface area contributed by atoms with E-state index in [2.05, 4.69) is 36.2 Å². The zero-order chi connectivity index (χ0) is 13.8. The van der Waals surface area contributed by atoms with E-state index in [9.17, 15) is 4.79 Å². The maximum atomic E-state index is 10.6. The molecule has 0 aliphatic carbocycles. The summed E-state index contributed by atoms with van der Waals surface area (Å²) in [6.07, 6.45) is 3.41. The molecule has 0 amide bonds. The molecule has 4 nitrogen and oxygen atoms in total. The summed E-state index contributed by atoms with van der Waals surface area (Å²) in [5.74, 6) is 0.0955. The SMILES string of the molecule is CCc1ccc(-c2ncc(CCC(=O)O)n2C)cc1. The van der Waals surface area contributed by atoms with Gasteiger partial charge in [0, 0.05) is 24.5 Å². The van der Waals surface area contributed by atoms with Crippen LogP contribution in [0.1, 0.15) is 24.6 Å². The van der Waals surface area contributed by atoms with Crippen molar-refractivity contribution in [3.05, 3.63) is 41.7 Å². The van der Waals surface area contributed by atoms with Crippen LogP contribution in [-0.4, -0.2) is 20.6 Å². The van der Waals surface area contributed by atoms with Gasteiger partial charge in [0.1, 0.15) is 5.82 Å². The van der Waals surface area contributed by atoms with Gasteiger partial charge in [-0.2, -0.15) is 0 Å². The highest BCUT2D eigenvalue weighted by atomic mass is 16.4. The summed E-state index contributed by atoms with van der Waals surface area (Å²) in [7, 11) is 1.92. The van der Waals surface area contributed by atoms with Gasteiger partial charge in [-0.15, -0.1) is 0 Å². The number of aryl methyl sites for hydroxylation is 2. The van der Waals surface area contributed by atoms with Gasteiger partial charge in [0.05, 0.1) is 6.42 Å². The van der Waals surface area contributed by atoms with Crippen molar-refractivity contribution in [2.75, 3.05) is 0 Å². The van der Waals surface area contributed by atoms with Crippen LogP contribution < -0.4 is 0 Å². The molecule has 0 unspecified atom stereocenters. The fraction of sp³-hybridized carbons (Fsp3) is 0.333. The Labute approximate surface area is 112 Å². The summed E-state index contributed by atoms with van der Waals surface area (Å²) >= 11 is 0. The van der Waals surface area contributed by atoms with Crippen LogP contribution in [0.3, 0.4) is 0 Å². The van der Waals surface area contributed by atoms with E-state index >= 15 is 0 Å². The van der Waals surface area contributed by atoms with Crippen molar-refractivity contribution in [3.63, 3.8) is 0 Å². The van der Waals surface area contributed by atoms with Crippen LogP contribution in [0.15, 0.2) is 30.5 Å². The summed E-state index contributed by atoms with van der Waals surface area (Å²) in [4.78, 5) is 15.0. The summed E-state index contributed by atoms with van der Waals surface area (Å²) < 4.78 is 1.96. The average Bonchev–Trinajstić information content (AvgIpc) is 2.78. The zero-order valence-electron chi connectivity index (χ0n) is 11.3. The molecule has 0 atom stereocenters. The number of carboxylic acids is 1. The van der Waals surface area contributed by atoms with Crippen LogP contribution in [-0.2, 0) is 24.7 Å². The Bertz CT molecular complexity index is 570. The van der Waals surface area contributed by atoms with Crippen molar-refractivity contribution in [1.29, 1.82) is 0 Å². The first kappa shape index (κ1) is 13.3. The molecular weight excluding hydrogens is 240 g/mol. The zero-order valence-corrected chi connectivity index (χ0v) is 11.3. The molecule has 2 aromatic rings. The molecule has 0 saturated heterocycles. The molecule has 1 heterocycles. The van der Waals surface area contributed by atoms with Crippen LogP contribution in [0.4, 0.5) is 0 Å². The molecule has 1 aromatic heterocycles. The molecule has 0 saturated carbocycles. The van der Waals surface area contributed by atoms with E-state index in [1.54, 1.807) is 6.20 Å². The molecule has 100 valence electrons. The molecule has 1 aromatic carbocycles. The second-order valence-electron chi connectivity index (χ2n) is 4.58. The minimum Gasteiger partial charge on any atom is -0.481 e. The van der Waals surface area contributed by atoms with E-state index in [1.807, 2.05) is 11.6 Å². The van der Waals surface area contributed by atoms with Crippen molar-refractivity contribution >= 4 is 5.97 Å². The highest BCUT2D eigenvalue weighted by Gasteiger charge is 2.09. The van der Waals surface area contributed by atoms with Crippen molar-refractivity contribution in [2.45, 2.75) is 26.2 Å². The Morgan fingerprint density at radius 2 is 2.00 bits per heavy atom. The fourth-order valence-electron chi connectivity index (χ4n) is 2.07. The van der Waals surface area contributed by atoms with Gasteiger partial charge in [-0.25, -0.2) is 4.98 Å². The van der Waals surface area contributed by atoms with E-state index in [-0.39, 0.29) is 6.42 Å². The number of benzene rings is 1. The number of hydrogen-bond acceptors (Lipinski definition) is 2. The van der Waals surface area contributed by atoms with Crippen molar-refractivity contribution in [2.24, 2.45) is 7.05 Å². The topological polar surface area (TPSA) is 55.1 Å². The monoisotopic (exact) mass is 258 g/mol. The van der Waals surface area contributed by atoms with Crippen LogP contribution in [0.5, 0.6) is 0 Å². The Balaban J connectivity index is 2.22. The molecule has 19 heavy (non-hydrogen) atoms. The highest BCUT2D eigenvalue weighted by Crippen LogP contribution is 2.20. The summed E-state index contributed by atoms with van der Waals surface area (Å²) in [6, 6.07) is 8.31. The third-order valence-electron chi connectivity index (χ3n) is 3.30. The highest BCUT2D eigenvalue weighted by molar-refractivity contribution is 5.67. The molecule has 0 aliphatic heterocycles. The largest absolute Gasteiger partial charge is 0.481 e. The average molecular weight is 258 g/mol. The van der Waals surface area contributed by atoms with Crippen LogP contribution in [0, 0.1) is 0 Å². The maximum absolute atomic E-state index is 10.6. The lowest BCUT2D eigenvalue weighted by Gasteiger charge is -2.06. The molecule has 2 rings (SSSR count). The summed E-state index contributed by atoms with van der Waals surface area (Å²) in [5.41, 5.74) is 3.29. The predicted octanol–water partition coefficient (Wildman–Crippen LogP) is 2.67. The van der Waals surface area contributed by atoms with Gasteiger partial charge in [-0.1, -0.05) is 31.2 Å². The molecule has 0 spiro atoms. The number of carboxylic acid groups (broad SMARTS) is 1. The van der Waals surface area contributed by atoms with Crippen molar-refractivity contribution in [1.82, 2.24) is 9.55 Å². The van der Waals surface area contributed by atoms with Crippen LogP contribution >= 0.6 is 0 Å². The molecule has 0 aliphatic rings.